The van der Waals surface area contributed by atoms with E-state index < -0.39 is 6.10 Å². The van der Waals surface area contributed by atoms with Crippen molar-refractivity contribution in [3.05, 3.63) is 107 Å². The van der Waals surface area contributed by atoms with E-state index in [1.54, 1.807) is 0 Å². The van der Waals surface area contributed by atoms with Gasteiger partial charge in [0.1, 0.15) is 6.10 Å². The summed E-state index contributed by atoms with van der Waals surface area (Å²) in [4.78, 5) is 13.1. The van der Waals surface area contributed by atoms with Crippen LogP contribution in [0.1, 0.15) is 38.7 Å². The van der Waals surface area contributed by atoms with Crippen LogP contribution in [0.2, 0.25) is 0 Å². The van der Waals surface area contributed by atoms with Gasteiger partial charge in [-0.15, -0.1) is 0 Å². The fourth-order valence-corrected chi connectivity index (χ4v) is 2.99. The molecule has 0 aromatic heterocycles. The molecular weight excluding hydrogens is 308 g/mol. The summed E-state index contributed by atoms with van der Waals surface area (Å²) in [5, 5.41) is 0. The van der Waals surface area contributed by atoms with E-state index in [9.17, 15) is 4.79 Å². The summed E-state index contributed by atoms with van der Waals surface area (Å²) in [6, 6.07) is 25.4. The average molecular weight is 330 g/mol. The second-order valence-corrected chi connectivity index (χ2v) is 6.33. The highest BCUT2D eigenvalue weighted by molar-refractivity contribution is 6.00. The summed E-state index contributed by atoms with van der Waals surface area (Å²) in [7, 11) is 0. The molecule has 0 fully saturated rings. The number of hydrogen-bond donors (Lipinski definition) is 0. The Kier molecular flexibility index (Phi) is 5.42. The van der Waals surface area contributed by atoms with E-state index in [4.69, 9.17) is 4.74 Å². The van der Waals surface area contributed by atoms with Crippen LogP contribution in [0.25, 0.3) is 0 Å². The Morgan fingerprint density at radius 2 is 1.40 bits per heavy atom. The first-order valence-electron chi connectivity index (χ1n) is 8.46. The average Bonchev–Trinajstić information content (AvgIpc) is 2.62. The van der Waals surface area contributed by atoms with Crippen molar-refractivity contribution in [2.45, 2.75) is 26.6 Å². The minimum atomic E-state index is -0.610. The third-order valence-electron chi connectivity index (χ3n) is 4.10. The number of Topliss-reactive ketones (excluding diaryl/α,β-unsaturated/α-hetero) is 1. The third kappa shape index (κ3) is 4.43. The number of aryl methyl sites for hydroxylation is 2. The van der Waals surface area contributed by atoms with Crippen LogP contribution in [0.3, 0.4) is 0 Å². The van der Waals surface area contributed by atoms with Gasteiger partial charge in [-0.05, 0) is 25.0 Å². The molecule has 3 rings (SSSR count). The Hall–Kier alpha value is -2.71. The van der Waals surface area contributed by atoms with Crippen LogP contribution in [0.4, 0.5) is 0 Å². The lowest BCUT2D eigenvalue weighted by Gasteiger charge is -2.19. The summed E-state index contributed by atoms with van der Waals surface area (Å²) in [5.74, 6) is -0.0125. The van der Waals surface area contributed by atoms with E-state index in [1.807, 2.05) is 86.6 Å². The molecule has 0 saturated heterocycles. The Morgan fingerprint density at radius 3 is 2.00 bits per heavy atom. The maximum atomic E-state index is 13.1. The summed E-state index contributed by atoms with van der Waals surface area (Å²) in [6.45, 7) is 4.48. The monoisotopic (exact) mass is 330 g/mol. The largest absolute Gasteiger partial charge is 0.361 e. The molecule has 0 amide bonds. The molecule has 126 valence electrons. The molecule has 3 aromatic carbocycles. The van der Waals surface area contributed by atoms with E-state index in [2.05, 4.69) is 6.07 Å². The molecule has 0 saturated carbocycles. The number of rotatable bonds is 6. The van der Waals surface area contributed by atoms with Crippen molar-refractivity contribution in [3.63, 3.8) is 0 Å². The summed E-state index contributed by atoms with van der Waals surface area (Å²) >= 11 is 0. The molecule has 2 heteroatoms. The van der Waals surface area contributed by atoms with Crippen LogP contribution in [0, 0.1) is 13.8 Å². The number of carbonyl (C=O) groups is 1. The van der Waals surface area contributed by atoms with Gasteiger partial charge in [0, 0.05) is 5.56 Å². The molecule has 0 spiro atoms. The highest BCUT2D eigenvalue weighted by Gasteiger charge is 2.23. The number of benzene rings is 3. The molecule has 0 aliphatic rings. The Bertz CT molecular complexity index is 818. The zero-order chi connectivity index (χ0) is 17.6. The Balaban J connectivity index is 1.91. The Labute approximate surface area is 149 Å². The highest BCUT2D eigenvalue weighted by atomic mass is 16.5. The molecule has 0 bridgehead atoms. The molecular formula is C23H22O2. The van der Waals surface area contributed by atoms with Crippen LogP contribution in [-0.2, 0) is 11.3 Å². The van der Waals surface area contributed by atoms with Gasteiger partial charge in [0.15, 0.2) is 5.78 Å². The third-order valence-corrected chi connectivity index (χ3v) is 4.10. The van der Waals surface area contributed by atoms with Gasteiger partial charge >= 0.3 is 0 Å². The van der Waals surface area contributed by atoms with Crippen molar-refractivity contribution >= 4 is 5.78 Å². The highest BCUT2D eigenvalue weighted by Crippen LogP contribution is 2.26. The van der Waals surface area contributed by atoms with Crippen LogP contribution >= 0.6 is 0 Å². The predicted octanol–water partition coefficient (Wildman–Crippen LogP) is 5.44. The van der Waals surface area contributed by atoms with Gasteiger partial charge in [-0.1, -0.05) is 90.0 Å². The predicted molar refractivity (Wildman–Crippen MR) is 101 cm³/mol. The van der Waals surface area contributed by atoms with Gasteiger partial charge in [-0.2, -0.15) is 0 Å². The van der Waals surface area contributed by atoms with Gasteiger partial charge in [0.2, 0.25) is 0 Å². The van der Waals surface area contributed by atoms with E-state index in [-0.39, 0.29) is 5.78 Å². The van der Waals surface area contributed by atoms with Crippen molar-refractivity contribution in [2.75, 3.05) is 0 Å². The first-order valence-corrected chi connectivity index (χ1v) is 8.46. The summed E-state index contributed by atoms with van der Waals surface area (Å²) in [6.07, 6.45) is -0.610. The number of hydrogen-bond acceptors (Lipinski definition) is 2. The van der Waals surface area contributed by atoms with Gasteiger partial charge in [0.05, 0.1) is 6.61 Å². The molecule has 0 radical (unpaired) electrons. The maximum absolute atomic E-state index is 13.1. The van der Waals surface area contributed by atoms with Gasteiger partial charge < -0.3 is 4.74 Å². The van der Waals surface area contributed by atoms with E-state index in [0.717, 1.165) is 22.3 Å². The standard InChI is InChI=1S/C23H22O2/c1-17-13-18(2)15-21(14-17)23(22(24)20-11-7-4-8-12-20)25-16-19-9-5-3-6-10-19/h3-15,23H,16H2,1-2H3. The van der Waals surface area contributed by atoms with Crippen molar-refractivity contribution in [1.82, 2.24) is 0 Å². The van der Waals surface area contributed by atoms with Gasteiger partial charge in [0.25, 0.3) is 0 Å². The fraction of sp³-hybridized carbons (Fsp3) is 0.174. The first kappa shape index (κ1) is 17.1. The van der Waals surface area contributed by atoms with Crippen LogP contribution in [0.15, 0.2) is 78.9 Å². The molecule has 25 heavy (non-hydrogen) atoms. The second kappa shape index (κ2) is 7.91. The molecule has 0 aliphatic carbocycles. The van der Waals surface area contributed by atoms with E-state index in [1.165, 1.54) is 0 Å². The van der Waals surface area contributed by atoms with E-state index in [0.29, 0.717) is 12.2 Å². The van der Waals surface area contributed by atoms with E-state index >= 15 is 0 Å². The van der Waals surface area contributed by atoms with Crippen molar-refractivity contribution < 1.29 is 9.53 Å². The lowest BCUT2D eigenvalue weighted by Crippen LogP contribution is -2.17. The summed E-state index contributed by atoms with van der Waals surface area (Å²) in [5.41, 5.74) is 4.88. The quantitative estimate of drug-likeness (QED) is 0.562. The first-order chi connectivity index (χ1) is 12.1. The molecule has 0 N–H and O–H groups in total. The molecule has 3 aromatic rings. The zero-order valence-corrected chi connectivity index (χ0v) is 14.6. The van der Waals surface area contributed by atoms with Crippen LogP contribution < -0.4 is 0 Å². The number of ketones is 1. The minimum Gasteiger partial charge on any atom is -0.361 e. The lowest BCUT2D eigenvalue weighted by atomic mass is 9.97. The van der Waals surface area contributed by atoms with Crippen molar-refractivity contribution in [2.24, 2.45) is 0 Å². The smallest absolute Gasteiger partial charge is 0.196 e. The number of carbonyl (C=O) groups excluding carboxylic acids is 1. The van der Waals surface area contributed by atoms with Crippen LogP contribution in [-0.4, -0.2) is 5.78 Å². The number of ether oxygens (including phenoxy) is 1. The molecule has 1 unspecified atom stereocenters. The minimum absolute atomic E-state index is 0.0125. The normalized spacial score (nSPS) is 11.9. The van der Waals surface area contributed by atoms with Gasteiger partial charge in [-0.3, -0.25) is 4.79 Å². The lowest BCUT2D eigenvalue weighted by molar-refractivity contribution is 0.0333. The fourth-order valence-electron chi connectivity index (χ4n) is 2.99. The molecule has 1 atom stereocenters. The van der Waals surface area contributed by atoms with Crippen LogP contribution in [0.5, 0.6) is 0 Å². The molecule has 0 heterocycles. The Morgan fingerprint density at radius 1 is 0.840 bits per heavy atom. The maximum Gasteiger partial charge on any atom is 0.196 e. The SMILES string of the molecule is Cc1cc(C)cc(C(OCc2ccccc2)C(=O)c2ccccc2)c1. The zero-order valence-electron chi connectivity index (χ0n) is 14.6. The topological polar surface area (TPSA) is 26.3 Å². The van der Waals surface area contributed by atoms with Crippen molar-refractivity contribution in [1.29, 1.82) is 0 Å². The summed E-state index contributed by atoms with van der Waals surface area (Å²) < 4.78 is 6.09. The molecule has 2 nitrogen and oxygen atoms in total. The van der Waals surface area contributed by atoms with Crippen molar-refractivity contribution in [3.8, 4) is 0 Å². The molecule has 0 aliphatic heterocycles. The second-order valence-electron chi connectivity index (χ2n) is 6.33. The van der Waals surface area contributed by atoms with Gasteiger partial charge in [-0.25, -0.2) is 0 Å².